The van der Waals surface area contributed by atoms with Crippen molar-refractivity contribution in [1.82, 2.24) is 10.3 Å². The van der Waals surface area contributed by atoms with E-state index in [1.807, 2.05) is 0 Å². The zero-order valence-electron chi connectivity index (χ0n) is 11.1. The van der Waals surface area contributed by atoms with Crippen LogP contribution in [0.2, 0.25) is 0 Å². The quantitative estimate of drug-likeness (QED) is 0.627. The highest BCUT2D eigenvalue weighted by Crippen LogP contribution is 2.42. The Morgan fingerprint density at radius 3 is 2.65 bits per heavy atom. The molecular formula is C14H24N2O. The Morgan fingerprint density at radius 2 is 1.94 bits per heavy atom. The van der Waals surface area contributed by atoms with E-state index in [1.165, 1.54) is 51.4 Å². The topological polar surface area (TPSA) is 38.9 Å². The van der Waals surface area contributed by atoms with E-state index in [-0.39, 0.29) is 0 Å². The molecule has 0 amide bonds. The first-order valence-electron chi connectivity index (χ1n) is 7.15. The highest BCUT2D eigenvalue weighted by Gasteiger charge is 2.31. The van der Waals surface area contributed by atoms with E-state index in [9.17, 15) is 0 Å². The van der Waals surface area contributed by atoms with Crippen LogP contribution in [0.1, 0.15) is 88.4 Å². The number of hydrogen-bond donors (Lipinski definition) is 0. The van der Waals surface area contributed by atoms with Crippen molar-refractivity contribution in [2.24, 2.45) is 0 Å². The minimum Gasteiger partial charge on any atom is -0.244 e. The Morgan fingerprint density at radius 1 is 1.18 bits per heavy atom. The summed E-state index contributed by atoms with van der Waals surface area (Å²) in [5.74, 6) is 1.16. The predicted molar refractivity (Wildman–Crippen MR) is 68.1 cm³/mol. The van der Waals surface area contributed by atoms with Crippen LogP contribution in [0.3, 0.4) is 0 Å². The van der Waals surface area contributed by atoms with Crippen LogP contribution in [0.5, 0.6) is 0 Å². The molecule has 3 nitrogen and oxygen atoms in total. The summed E-state index contributed by atoms with van der Waals surface area (Å²) in [7, 11) is 0. The number of hydrogen-bond acceptors (Lipinski definition) is 3. The van der Waals surface area contributed by atoms with Gasteiger partial charge < -0.3 is 0 Å². The molecule has 1 saturated carbocycles. The summed E-state index contributed by atoms with van der Waals surface area (Å²) >= 11 is 0. The Bertz CT molecular complexity index is 331. The van der Waals surface area contributed by atoms with Crippen LogP contribution in [0.25, 0.3) is 0 Å². The summed E-state index contributed by atoms with van der Waals surface area (Å²) in [6.45, 7) is 4.51. The third kappa shape index (κ3) is 3.55. The SMILES string of the molecule is CCCCCCCC(C)c1nonc1C1CC1. The first-order valence-corrected chi connectivity index (χ1v) is 7.15. The van der Waals surface area contributed by atoms with Crippen LogP contribution in [0.4, 0.5) is 0 Å². The fraction of sp³-hybridized carbons (Fsp3) is 0.857. The average Bonchev–Trinajstić information content (AvgIpc) is 3.06. The molecule has 0 aromatic carbocycles. The number of unbranched alkanes of at least 4 members (excludes halogenated alkanes) is 4. The van der Waals surface area contributed by atoms with Gasteiger partial charge in [0.1, 0.15) is 11.4 Å². The Balaban J connectivity index is 1.74. The van der Waals surface area contributed by atoms with Crippen molar-refractivity contribution in [3.05, 3.63) is 11.4 Å². The molecule has 1 aromatic rings. The molecule has 0 aliphatic heterocycles. The molecule has 0 spiro atoms. The molecule has 0 saturated heterocycles. The third-order valence-electron chi connectivity index (χ3n) is 3.71. The lowest BCUT2D eigenvalue weighted by Crippen LogP contribution is -1.98. The lowest BCUT2D eigenvalue weighted by Gasteiger charge is -2.08. The highest BCUT2D eigenvalue weighted by molar-refractivity contribution is 5.21. The summed E-state index contributed by atoms with van der Waals surface area (Å²) < 4.78 is 4.91. The summed E-state index contributed by atoms with van der Waals surface area (Å²) in [4.78, 5) is 0. The molecule has 1 unspecified atom stereocenters. The molecule has 1 fully saturated rings. The van der Waals surface area contributed by atoms with Gasteiger partial charge in [-0.2, -0.15) is 0 Å². The molecule has 1 aromatic heterocycles. The van der Waals surface area contributed by atoms with E-state index in [1.54, 1.807) is 0 Å². The maximum Gasteiger partial charge on any atom is 0.111 e. The largest absolute Gasteiger partial charge is 0.244 e. The van der Waals surface area contributed by atoms with E-state index >= 15 is 0 Å². The van der Waals surface area contributed by atoms with Crippen LogP contribution < -0.4 is 0 Å². The Labute approximate surface area is 104 Å². The fourth-order valence-corrected chi connectivity index (χ4v) is 2.38. The zero-order chi connectivity index (χ0) is 12.1. The predicted octanol–water partition coefficient (Wildman–Crippen LogP) is 4.41. The molecule has 0 N–H and O–H groups in total. The second-order valence-corrected chi connectivity index (χ2v) is 5.41. The van der Waals surface area contributed by atoms with Gasteiger partial charge >= 0.3 is 0 Å². The third-order valence-corrected chi connectivity index (χ3v) is 3.71. The van der Waals surface area contributed by atoms with Gasteiger partial charge in [-0.1, -0.05) is 56.3 Å². The molecule has 0 bridgehead atoms. The van der Waals surface area contributed by atoms with Gasteiger partial charge in [0, 0.05) is 11.8 Å². The van der Waals surface area contributed by atoms with Crippen molar-refractivity contribution in [2.75, 3.05) is 0 Å². The van der Waals surface area contributed by atoms with Crippen LogP contribution in [0.15, 0.2) is 4.63 Å². The van der Waals surface area contributed by atoms with E-state index in [4.69, 9.17) is 4.63 Å². The van der Waals surface area contributed by atoms with Gasteiger partial charge in [0.25, 0.3) is 0 Å². The summed E-state index contributed by atoms with van der Waals surface area (Å²) in [5, 5.41) is 8.18. The second kappa shape index (κ2) is 6.18. The van der Waals surface area contributed by atoms with Gasteiger partial charge in [0.2, 0.25) is 0 Å². The minimum atomic E-state index is 0.512. The van der Waals surface area contributed by atoms with Gasteiger partial charge in [-0.15, -0.1) is 0 Å². The normalized spacial score (nSPS) is 17.3. The molecular weight excluding hydrogens is 212 g/mol. The number of rotatable bonds is 8. The van der Waals surface area contributed by atoms with Crippen molar-refractivity contribution in [2.45, 2.75) is 77.0 Å². The highest BCUT2D eigenvalue weighted by atomic mass is 16.6. The van der Waals surface area contributed by atoms with Crippen LogP contribution >= 0.6 is 0 Å². The van der Waals surface area contributed by atoms with E-state index in [0.29, 0.717) is 11.8 Å². The second-order valence-electron chi connectivity index (χ2n) is 5.41. The number of aromatic nitrogens is 2. The van der Waals surface area contributed by atoms with Crippen LogP contribution in [-0.4, -0.2) is 10.3 Å². The lowest BCUT2D eigenvalue weighted by molar-refractivity contribution is 0.298. The summed E-state index contributed by atoms with van der Waals surface area (Å²) in [6, 6.07) is 0. The Hall–Kier alpha value is -0.860. The lowest BCUT2D eigenvalue weighted by atomic mass is 9.97. The van der Waals surface area contributed by atoms with Gasteiger partial charge in [-0.05, 0) is 19.3 Å². The molecule has 0 radical (unpaired) electrons. The molecule has 1 aliphatic rings. The molecule has 17 heavy (non-hydrogen) atoms. The van der Waals surface area contributed by atoms with Crippen molar-refractivity contribution >= 4 is 0 Å². The van der Waals surface area contributed by atoms with Crippen molar-refractivity contribution in [3.63, 3.8) is 0 Å². The number of nitrogens with zero attached hydrogens (tertiary/aromatic N) is 2. The average molecular weight is 236 g/mol. The molecule has 1 atom stereocenters. The first-order chi connectivity index (χ1) is 8.33. The molecule has 2 rings (SSSR count). The summed E-state index contributed by atoms with van der Waals surface area (Å²) in [6.07, 6.45) is 10.5. The molecule has 1 heterocycles. The molecule has 96 valence electrons. The first kappa shape index (κ1) is 12.6. The van der Waals surface area contributed by atoms with Gasteiger partial charge in [-0.25, -0.2) is 4.63 Å². The molecule has 3 heteroatoms. The fourth-order valence-electron chi connectivity index (χ4n) is 2.38. The van der Waals surface area contributed by atoms with Crippen molar-refractivity contribution < 1.29 is 4.63 Å². The van der Waals surface area contributed by atoms with Crippen LogP contribution in [-0.2, 0) is 0 Å². The monoisotopic (exact) mass is 236 g/mol. The zero-order valence-corrected chi connectivity index (χ0v) is 11.1. The van der Waals surface area contributed by atoms with E-state index in [2.05, 4.69) is 24.2 Å². The smallest absolute Gasteiger partial charge is 0.111 e. The Kier molecular flexibility index (Phi) is 4.57. The van der Waals surface area contributed by atoms with Crippen LogP contribution in [0, 0.1) is 0 Å². The molecule has 1 aliphatic carbocycles. The van der Waals surface area contributed by atoms with Crippen molar-refractivity contribution in [3.8, 4) is 0 Å². The van der Waals surface area contributed by atoms with E-state index in [0.717, 1.165) is 11.4 Å². The van der Waals surface area contributed by atoms with Crippen molar-refractivity contribution in [1.29, 1.82) is 0 Å². The minimum absolute atomic E-state index is 0.512. The van der Waals surface area contributed by atoms with Gasteiger partial charge in [0.15, 0.2) is 0 Å². The summed E-state index contributed by atoms with van der Waals surface area (Å²) in [5.41, 5.74) is 2.27. The maximum absolute atomic E-state index is 4.91. The van der Waals surface area contributed by atoms with Gasteiger partial charge in [0.05, 0.1) is 0 Å². The standard InChI is InChI=1S/C14H24N2O/c1-3-4-5-6-7-8-11(2)13-14(12-9-10-12)16-17-15-13/h11-12H,3-10H2,1-2H3. The maximum atomic E-state index is 4.91. The van der Waals surface area contributed by atoms with Gasteiger partial charge in [-0.3, -0.25) is 0 Å². The van der Waals surface area contributed by atoms with E-state index < -0.39 is 0 Å².